The third kappa shape index (κ3) is 6.95. The molecule has 0 spiro atoms. The minimum atomic E-state index is -0.818. The SMILES string of the molecule is COC(=O)[C@H](Cc1cnc[nH]1)NC(=O)Cc1cccc(O[C@H]2CCc3cc(-c4cncc(Oc5ccccc5)c4)ccc32)c1. The van der Waals surface area contributed by atoms with Crippen LogP contribution in [-0.2, 0) is 33.6 Å². The molecule has 2 N–H and O–H groups in total. The van der Waals surface area contributed by atoms with E-state index in [9.17, 15) is 9.59 Å². The number of nitrogens with zero attached hydrogens (tertiary/aromatic N) is 2. The van der Waals surface area contributed by atoms with Crippen molar-refractivity contribution >= 4 is 11.9 Å². The summed E-state index contributed by atoms with van der Waals surface area (Å²) in [6.45, 7) is 0. The second-order valence-corrected chi connectivity index (χ2v) is 10.6. The lowest BCUT2D eigenvalue weighted by molar-refractivity contribution is -0.145. The second-order valence-electron chi connectivity index (χ2n) is 10.6. The summed E-state index contributed by atoms with van der Waals surface area (Å²) < 4.78 is 17.3. The van der Waals surface area contributed by atoms with Gasteiger partial charge in [-0.25, -0.2) is 9.78 Å². The van der Waals surface area contributed by atoms with Gasteiger partial charge in [0.05, 0.1) is 26.1 Å². The number of aromatic nitrogens is 3. The maximum Gasteiger partial charge on any atom is 0.328 e. The minimum absolute atomic E-state index is 0.0906. The molecule has 0 bridgehead atoms. The number of para-hydroxylation sites is 1. The highest BCUT2D eigenvalue weighted by molar-refractivity contribution is 5.85. The second kappa shape index (κ2) is 13.2. The van der Waals surface area contributed by atoms with Crippen LogP contribution in [0, 0.1) is 0 Å². The first-order valence-electron chi connectivity index (χ1n) is 14.5. The number of fused-ring (bicyclic) bond motifs is 1. The van der Waals surface area contributed by atoms with Crippen molar-refractivity contribution in [2.75, 3.05) is 7.11 Å². The average Bonchev–Trinajstić information content (AvgIpc) is 3.71. The lowest BCUT2D eigenvalue weighted by atomic mass is 10.0. The predicted octanol–water partition coefficient (Wildman–Crippen LogP) is 5.77. The summed E-state index contributed by atoms with van der Waals surface area (Å²) >= 11 is 0. The van der Waals surface area contributed by atoms with Crippen molar-refractivity contribution in [2.45, 2.75) is 37.8 Å². The number of hydrogen-bond donors (Lipinski definition) is 2. The number of nitrogens with one attached hydrogen (secondary N) is 2. The zero-order valence-electron chi connectivity index (χ0n) is 24.2. The molecule has 1 aliphatic rings. The summed E-state index contributed by atoms with van der Waals surface area (Å²) in [6.07, 6.45) is 8.71. The van der Waals surface area contributed by atoms with Gasteiger partial charge in [0.15, 0.2) is 0 Å². The Morgan fingerprint density at radius 1 is 0.909 bits per heavy atom. The number of hydrogen-bond acceptors (Lipinski definition) is 7. The summed E-state index contributed by atoms with van der Waals surface area (Å²) in [6, 6.07) is 24.8. The number of benzene rings is 3. The summed E-state index contributed by atoms with van der Waals surface area (Å²) in [7, 11) is 1.30. The van der Waals surface area contributed by atoms with Crippen LogP contribution >= 0.6 is 0 Å². The number of rotatable bonds is 11. The Hall–Kier alpha value is -5.44. The minimum Gasteiger partial charge on any atom is -0.486 e. The molecule has 1 aliphatic carbocycles. The van der Waals surface area contributed by atoms with Crippen molar-refractivity contribution in [2.24, 2.45) is 0 Å². The van der Waals surface area contributed by atoms with E-state index in [0.717, 1.165) is 46.5 Å². The summed E-state index contributed by atoms with van der Waals surface area (Å²) in [5.74, 6) is 1.33. The van der Waals surface area contributed by atoms with Crippen LogP contribution in [0.2, 0.25) is 0 Å². The van der Waals surface area contributed by atoms with E-state index in [1.54, 1.807) is 12.4 Å². The molecule has 0 saturated carbocycles. The quantitative estimate of drug-likeness (QED) is 0.188. The van der Waals surface area contributed by atoms with Crippen molar-refractivity contribution in [1.29, 1.82) is 0 Å². The highest BCUT2D eigenvalue weighted by Crippen LogP contribution is 2.38. The van der Waals surface area contributed by atoms with Gasteiger partial charge in [-0.3, -0.25) is 9.78 Å². The number of amides is 1. The lowest BCUT2D eigenvalue weighted by Crippen LogP contribution is -2.43. The van der Waals surface area contributed by atoms with Gasteiger partial charge in [0.25, 0.3) is 0 Å². The Kier molecular flexibility index (Phi) is 8.63. The predicted molar refractivity (Wildman–Crippen MR) is 164 cm³/mol. The molecule has 2 atom stereocenters. The number of carbonyl (C=O) groups is 2. The Labute approximate surface area is 255 Å². The molecule has 0 saturated heterocycles. The van der Waals surface area contributed by atoms with Crippen molar-refractivity contribution in [3.63, 3.8) is 0 Å². The van der Waals surface area contributed by atoms with E-state index in [1.807, 2.05) is 66.9 Å². The van der Waals surface area contributed by atoms with Gasteiger partial charge in [-0.05, 0) is 65.4 Å². The average molecular weight is 589 g/mol. The van der Waals surface area contributed by atoms with Crippen molar-refractivity contribution < 1.29 is 23.8 Å². The van der Waals surface area contributed by atoms with E-state index in [4.69, 9.17) is 14.2 Å². The molecular formula is C35H32N4O5. The summed E-state index contributed by atoms with van der Waals surface area (Å²) in [4.78, 5) is 36.4. The van der Waals surface area contributed by atoms with Gasteiger partial charge >= 0.3 is 5.97 Å². The van der Waals surface area contributed by atoms with Gasteiger partial charge in [-0.2, -0.15) is 0 Å². The molecule has 1 amide bonds. The molecule has 6 rings (SSSR count). The first kappa shape index (κ1) is 28.7. The first-order valence-corrected chi connectivity index (χ1v) is 14.5. The number of aromatic amines is 1. The maximum absolute atomic E-state index is 12.9. The fraction of sp³-hybridized carbons (Fsp3) is 0.200. The smallest absolute Gasteiger partial charge is 0.328 e. The highest BCUT2D eigenvalue weighted by Gasteiger charge is 2.25. The van der Waals surface area contributed by atoms with Crippen LogP contribution in [0.5, 0.6) is 17.2 Å². The third-order valence-electron chi connectivity index (χ3n) is 7.53. The number of pyridine rings is 1. The Balaban J connectivity index is 1.09. The number of methoxy groups -OCH3 is 1. The molecule has 5 aromatic rings. The number of ether oxygens (including phenoxy) is 3. The van der Waals surface area contributed by atoms with E-state index in [2.05, 4.69) is 38.5 Å². The van der Waals surface area contributed by atoms with Gasteiger partial charge in [0.1, 0.15) is 29.4 Å². The maximum atomic E-state index is 12.9. The molecule has 0 aliphatic heterocycles. The van der Waals surface area contributed by atoms with E-state index in [-0.39, 0.29) is 24.9 Å². The fourth-order valence-electron chi connectivity index (χ4n) is 5.41. The van der Waals surface area contributed by atoms with E-state index < -0.39 is 12.0 Å². The third-order valence-corrected chi connectivity index (χ3v) is 7.53. The molecule has 9 heteroatoms. The van der Waals surface area contributed by atoms with Gasteiger partial charge in [-0.15, -0.1) is 0 Å². The van der Waals surface area contributed by atoms with Crippen LogP contribution in [-0.4, -0.2) is 40.0 Å². The molecule has 0 unspecified atom stereocenters. The lowest BCUT2D eigenvalue weighted by Gasteiger charge is -2.17. The van der Waals surface area contributed by atoms with Crippen LogP contribution in [0.15, 0.2) is 104 Å². The number of aryl methyl sites for hydroxylation is 1. The van der Waals surface area contributed by atoms with Crippen LogP contribution in [0.25, 0.3) is 11.1 Å². The van der Waals surface area contributed by atoms with Crippen LogP contribution in [0.4, 0.5) is 0 Å². The van der Waals surface area contributed by atoms with Gasteiger partial charge in [-0.1, -0.05) is 48.5 Å². The molecule has 2 aromatic heterocycles. The highest BCUT2D eigenvalue weighted by atomic mass is 16.5. The Bertz CT molecular complexity index is 1740. The monoisotopic (exact) mass is 588 g/mol. The molecule has 3 aromatic carbocycles. The number of carbonyl (C=O) groups excluding carboxylic acids is 2. The molecule has 2 heterocycles. The fourth-order valence-corrected chi connectivity index (χ4v) is 5.41. The largest absolute Gasteiger partial charge is 0.486 e. The van der Waals surface area contributed by atoms with Gasteiger partial charge < -0.3 is 24.5 Å². The molecular weight excluding hydrogens is 556 g/mol. The summed E-state index contributed by atoms with van der Waals surface area (Å²) in [5.41, 5.74) is 5.95. The molecule has 9 nitrogen and oxygen atoms in total. The van der Waals surface area contributed by atoms with Gasteiger partial charge in [0.2, 0.25) is 5.91 Å². The van der Waals surface area contributed by atoms with Crippen molar-refractivity contribution in [3.05, 3.63) is 126 Å². The van der Waals surface area contributed by atoms with E-state index >= 15 is 0 Å². The van der Waals surface area contributed by atoms with E-state index in [1.165, 1.54) is 19.0 Å². The normalized spacial score (nSPS) is 14.3. The van der Waals surface area contributed by atoms with Crippen LogP contribution < -0.4 is 14.8 Å². The summed E-state index contributed by atoms with van der Waals surface area (Å²) in [5, 5.41) is 2.78. The first-order chi connectivity index (χ1) is 21.5. The van der Waals surface area contributed by atoms with Crippen molar-refractivity contribution in [1.82, 2.24) is 20.3 Å². The number of H-pyrrole nitrogens is 1. The Morgan fingerprint density at radius 2 is 1.77 bits per heavy atom. The molecule has 44 heavy (non-hydrogen) atoms. The molecule has 0 radical (unpaired) electrons. The van der Waals surface area contributed by atoms with Gasteiger partial charge in [0, 0.05) is 30.1 Å². The topological polar surface area (TPSA) is 115 Å². The van der Waals surface area contributed by atoms with E-state index in [0.29, 0.717) is 11.5 Å². The standard InChI is InChI=1S/C35H32N4O5/c1-42-35(41)32(18-27-20-37-22-38-27)39-34(40)15-23-6-5-9-29(14-23)44-33-13-11-25-16-24(10-12-31(25)33)26-17-30(21-36-19-26)43-28-7-3-2-4-8-28/h2-10,12,14,16-17,19-22,32-33H,11,13,15,18H2,1H3,(H,37,38)(H,39,40)/t32-,33-/m0/s1. The number of imidazole rings is 1. The molecule has 0 fully saturated rings. The van der Waals surface area contributed by atoms with Crippen LogP contribution in [0.1, 0.15) is 34.9 Å². The zero-order chi connectivity index (χ0) is 30.3. The van der Waals surface area contributed by atoms with Crippen LogP contribution in [0.3, 0.4) is 0 Å². The molecule has 222 valence electrons. The number of esters is 1. The Morgan fingerprint density at radius 3 is 2.59 bits per heavy atom. The zero-order valence-corrected chi connectivity index (χ0v) is 24.2. The van der Waals surface area contributed by atoms with Crippen molar-refractivity contribution in [3.8, 4) is 28.4 Å².